The van der Waals surface area contributed by atoms with E-state index in [0.717, 1.165) is 0 Å². The van der Waals surface area contributed by atoms with Gasteiger partial charge in [-0.05, 0) is 12.5 Å². The molecule has 0 radical (unpaired) electrons. The van der Waals surface area contributed by atoms with E-state index in [-0.39, 0.29) is 6.61 Å². The average molecular weight is 288 g/mol. The highest BCUT2D eigenvalue weighted by atomic mass is 19.4. The molecule has 0 amide bonds. The van der Waals surface area contributed by atoms with Gasteiger partial charge in [0.1, 0.15) is 6.10 Å². The number of halogens is 3. The summed E-state index contributed by atoms with van der Waals surface area (Å²) >= 11 is 0. The third-order valence-electron chi connectivity index (χ3n) is 2.48. The van der Waals surface area contributed by atoms with Crippen LogP contribution in [-0.2, 0) is 14.3 Å². The van der Waals surface area contributed by atoms with Crippen molar-refractivity contribution in [2.24, 2.45) is 0 Å². The molecule has 0 aliphatic heterocycles. The van der Waals surface area contributed by atoms with E-state index in [0.29, 0.717) is 5.56 Å². The molecule has 0 saturated heterocycles. The predicted octanol–water partition coefficient (Wildman–Crippen LogP) is 3.42. The van der Waals surface area contributed by atoms with E-state index in [1.807, 2.05) is 0 Å². The lowest BCUT2D eigenvalue weighted by Crippen LogP contribution is -2.32. The molecule has 1 aromatic carbocycles. The van der Waals surface area contributed by atoms with Crippen LogP contribution in [0.5, 0.6) is 0 Å². The lowest BCUT2D eigenvalue weighted by Gasteiger charge is -2.25. The van der Waals surface area contributed by atoms with E-state index in [1.165, 1.54) is 6.08 Å². The van der Waals surface area contributed by atoms with E-state index in [1.54, 1.807) is 37.3 Å². The summed E-state index contributed by atoms with van der Waals surface area (Å²) < 4.78 is 46.8. The second kappa shape index (κ2) is 7.09. The lowest BCUT2D eigenvalue weighted by atomic mass is 10.0. The first-order valence-corrected chi connectivity index (χ1v) is 5.97. The number of benzene rings is 1. The Labute approximate surface area is 115 Å². The Bertz CT molecular complexity index is 443. The van der Waals surface area contributed by atoms with E-state index >= 15 is 0 Å². The highest BCUT2D eigenvalue weighted by Crippen LogP contribution is 2.28. The van der Waals surface area contributed by atoms with Gasteiger partial charge in [-0.2, -0.15) is 13.2 Å². The van der Waals surface area contributed by atoms with Gasteiger partial charge in [0.05, 0.1) is 0 Å². The molecule has 0 heterocycles. The van der Waals surface area contributed by atoms with Crippen molar-refractivity contribution >= 4 is 5.97 Å². The second-order valence-corrected chi connectivity index (χ2v) is 3.89. The smallest absolute Gasteiger partial charge is 0.448 e. The molecular formula is C14H15F3O3. The molecule has 0 aromatic heterocycles. The van der Waals surface area contributed by atoms with Crippen molar-refractivity contribution < 1.29 is 27.4 Å². The Kier molecular flexibility index (Phi) is 5.76. The van der Waals surface area contributed by atoms with Crippen LogP contribution in [0.2, 0.25) is 0 Å². The van der Waals surface area contributed by atoms with Crippen molar-refractivity contribution in [1.29, 1.82) is 0 Å². The number of hydrogen-bond donors (Lipinski definition) is 0. The molecule has 3 nitrogen and oxygen atoms in total. The zero-order valence-corrected chi connectivity index (χ0v) is 10.9. The molecule has 0 aliphatic rings. The van der Waals surface area contributed by atoms with Gasteiger partial charge in [-0.25, -0.2) is 4.79 Å². The minimum absolute atomic E-state index is 0.254. The number of rotatable bonds is 6. The molecule has 110 valence electrons. The Morgan fingerprint density at radius 3 is 2.40 bits per heavy atom. The van der Waals surface area contributed by atoms with Crippen LogP contribution in [0.1, 0.15) is 18.6 Å². The molecule has 0 fully saturated rings. The van der Waals surface area contributed by atoms with Gasteiger partial charge in [-0.15, -0.1) is 6.58 Å². The topological polar surface area (TPSA) is 35.5 Å². The molecule has 0 aliphatic carbocycles. The molecule has 20 heavy (non-hydrogen) atoms. The molecule has 2 atom stereocenters. The molecule has 0 bridgehead atoms. The normalized spacial score (nSPS) is 14.4. The van der Waals surface area contributed by atoms with Crippen LogP contribution < -0.4 is 0 Å². The summed E-state index contributed by atoms with van der Waals surface area (Å²) in [6, 6.07) is 8.09. The quantitative estimate of drug-likeness (QED) is 0.594. The Hall–Kier alpha value is -1.82. The molecule has 0 spiro atoms. The van der Waals surface area contributed by atoms with Gasteiger partial charge in [-0.3, -0.25) is 0 Å². The zero-order chi connectivity index (χ0) is 15.2. The number of hydrogen-bond acceptors (Lipinski definition) is 3. The third-order valence-corrected chi connectivity index (χ3v) is 2.48. The maximum Gasteiger partial charge on any atom is 0.490 e. The SMILES string of the molecule is C=CC(OCC)C(OC(=O)C(F)(F)F)c1ccccc1. The minimum Gasteiger partial charge on any atom is -0.448 e. The van der Waals surface area contributed by atoms with Crippen LogP contribution in [0.4, 0.5) is 13.2 Å². The summed E-state index contributed by atoms with van der Waals surface area (Å²) in [6.45, 7) is 5.44. The van der Waals surface area contributed by atoms with Crippen LogP contribution >= 0.6 is 0 Å². The first-order chi connectivity index (χ1) is 9.40. The molecule has 2 unspecified atom stereocenters. The summed E-state index contributed by atoms with van der Waals surface area (Å²) in [5.74, 6) is -2.25. The van der Waals surface area contributed by atoms with Gasteiger partial charge in [0, 0.05) is 6.61 Å². The Balaban J connectivity index is 3.02. The van der Waals surface area contributed by atoms with Crippen molar-refractivity contribution in [3.63, 3.8) is 0 Å². The largest absolute Gasteiger partial charge is 0.490 e. The number of carbonyl (C=O) groups is 1. The Morgan fingerprint density at radius 1 is 1.35 bits per heavy atom. The van der Waals surface area contributed by atoms with Crippen molar-refractivity contribution in [3.05, 3.63) is 48.6 Å². The molecule has 1 aromatic rings. The second-order valence-electron chi connectivity index (χ2n) is 3.89. The van der Waals surface area contributed by atoms with Gasteiger partial charge >= 0.3 is 12.1 Å². The van der Waals surface area contributed by atoms with Gasteiger partial charge in [-0.1, -0.05) is 36.4 Å². The first-order valence-electron chi connectivity index (χ1n) is 5.97. The lowest BCUT2D eigenvalue weighted by molar-refractivity contribution is -0.209. The van der Waals surface area contributed by atoms with E-state index in [9.17, 15) is 18.0 Å². The van der Waals surface area contributed by atoms with Crippen LogP contribution in [0, 0.1) is 0 Å². The fourth-order valence-corrected chi connectivity index (χ4v) is 1.62. The fourth-order valence-electron chi connectivity index (χ4n) is 1.62. The van der Waals surface area contributed by atoms with Crippen LogP contribution in [0.25, 0.3) is 0 Å². The fraction of sp³-hybridized carbons (Fsp3) is 0.357. The molecule has 0 saturated carbocycles. The zero-order valence-electron chi connectivity index (χ0n) is 10.9. The summed E-state index contributed by atoms with van der Waals surface area (Å²) in [5.41, 5.74) is 0.406. The highest BCUT2D eigenvalue weighted by molar-refractivity contribution is 5.76. The number of esters is 1. The molecular weight excluding hydrogens is 273 g/mol. The monoisotopic (exact) mass is 288 g/mol. The standard InChI is InChI=1S/C14H15F3O3/c1-3-11(19-4-2)12(10-8-6-5-7-9-10)20-13(18)14(15,16)17/h3,5-9,11-12H,1,4H2,2H3. The summed E-state index contributed by atoms with van der Waals surface area (Å²) in [7, 11) is 0. The van der Waals surface area contributed by atoms with Gasteiger partial charge in [0.2, 0.25) is 0 Å². The summed E-state index contributed by atoms with van der Waals surface area (Å²) in [6.07, 6.45) is -5.79. The van der Waals surface area contributed by atoms with Crippen molar-refractivity contribution in [2.75, 3.05) is 6.61 Å². The van der Waals surface area contributed by atoms with Crippen molar-refractivity contribution in [3.8, 4) is 0 Å². The van der Waals surface area contributed by atoms with Gasteiger partial charge in [0.15, 0.2) is 6.10 Å². The van der Waals surface area contributed by atoms with E-state index < -0.39 is 24.4 Å². The average Bonchev–Trinajstić information content (AvgIpc) is 2.42. The Morgan fingerprint density at radius 2 is 1.95 bits per heavy atom. The summed E-state index contributed by atoms with van der Waals surface area (Å²) in [5, 5.41) is 0. The first kappa shape index (κ1) is 16.2. The van der Waals surface area contributed by atoms with Crippen LogP contribution in [0.3, 0.4) is 0 Å². The highest BCUT2D eigenvalue weighted by Gasteiger charge is 2.43. The molecule has 6 heteroatoms. The number of ether oxygens (including phenoxy) is 2. The molecule has 1 rings (SSSR count). The number of carbonyl (C=O) groups excluding carboxylic acids is 1. The maximum absolute atomic E-state index is 12.3. The molecule has 0 N–H and O–H groups in total. The van der Waals surface area contributed by atoms with Gasteiger partial charge < -0.3 is 9.47 Å². The summed E-state index contributed by atoms with van der Waals surface area (Å²) in [4.78, 5) is 11.0. The van der Waals surface area contributed by atoms with E-state index in [4.69, 9.17) is 4.74 Å². The van der Waals surface area contributed by atoms with Gasteiger partial charge in [0.25, 0.3) is 0 Å². The maximum atomic E-state index is 12.3. The van der Waals surface area contributed by atoms with Crippen LogP contribution in [-0.4, -0.2) is 24.9 Å². The van der Waals surface area contributed by atoms with E-state index in [2.05, 4.69) is 11.3 Å². The van der Waals surface area contributed by atoms with Crippen molar-refractivity contribution in [1.82, 2.24) is 0 Å². The minimum atomic E-state index is -5.05. The van der Waals surface area contributed by atoms with Crippen molar-refractivity contribution in [2.45, 2.75) is 25.3 Å². The van der Waals surface area contributed by atoms with Crippen LogP contribution in [0.15, 0.2) is 43.0 Å². The third kappa shape index (κ3) is 4.38. The predicted molar refractivity (Wildman–Crippen MR) is 66.9 cm³/mol. The number of alkyl halides is 3.